The van der Waals surface area contributed by atoms with Gasteiger partial charge in [0.1, 0.15) is 5.75 Å². The molecule has 0 saturated heterocycles. The van der Waals surface area contributed by atoms with E-state index in [-0.39, 0.29) is 0 Å². The summed E-state index contributed by atoms with van der Waals surface area (Å²) >= 11 is 6.38. The zero-order valence-electron chi connectivity index (χ0n) is 14.4. The van der Waals surface area contributed by atoms with Gasteiger partial charge in [0.15, 0.2) is 11.5 Å². The third-order valence-corrected chi connectivity index (χ3v) is 3.97. The van der Waals surface area contributed by atoms with Crippen LogP contribution in [-0.2, 0) is 13.1 Å². The van der Waals surface area contributed by atoms with Crippen LogP contribution in [0, 0.1) is 0 Å². The van der Waals surface area contributed by atoms with Crippen LogP contribution in [0.4, 0.5) is 0 Å². The van der Waals surface area contributed by atoms with Crippen molar-refractivity contribution in [1.29, 1.82) is 0 Å². The van der Waals surface area contributed by atoms with Crippen molar-refractivity contribution in [3.63, 3.8) is 0 Å². The number of para-hydroxylation sites is 1. The Morgan fingerprint density at radius 2 is 1.62 bits per heavy atom. The second kappa shape index (κ2) is 9.40. The number of nitrogens with one attached hydrogen (secondary N) is 1. The van der Waals surface area contributed by atoms with E-state index in [1.165, 1.54) is 0 Å². The first kappa shape index (κ1) is 18.4. The maximum Gasteiger partial charge on any atom is 0.162 e. The monoisotopic (exact) mass is 349 g/mol. The number of benzene rings is 2. The van der Waals surface area contributed by atoms with Crippen LogP contribution < -0.4 is 19.5 Å². The highest BCUT2D eigenvalue weighted by molar-refractivity contribution is 6.31. The lowest BCUT2D eigenvalue weighted by Crippen LogP contribution is -2.14. The quantitative estimate of drug-likeness (QED) is 0.726. The standard InChI is InChI=1S/C19H24ClNO3/c1-4-9-24-19-11-16(20)15(10-18(19)23-3)13-21-12-14-7-5-6-8-17(14)22-2/h5-8,10-11,21H,4,9,12-13H2,1-3H3. The average molecular weight is 350 g/mol. The minimum absolute atomic E-state index is 0.626. The molecule has 0 bridgehead atoms. The Morgan fingerprint density at radius 3 is 2.33 bits per heavy atom. The SMILES string of the molecule is CCCOc1cc(Cl)c(CNCc2ccccc2OC)cc1OC. The van der Waals surface area contributed by atoms with Crippen molar-refractivity contribution in [2.75, 3.05) is 20.8 Å². The van der Waals surface area contributed by atoms with Crippen molar-refractivity contribution in [1.82, 2.24) is 5.32 Å². The van der Waals surface area contributed by atoms with Crippen LogP contribution in [0.2, 0.25) is 5.02 Å². The van der Waals surface area contributed by atoms with Gasteiger partial charge in [-0.1, -0.05) is 36.7 Å². The first-order valence-corrected chi connectivity index (χ1v) is 8.39. The average Bonchev–Trinajstić information content (AvgIpc) is 2.61. The van der Waals surface area contributed by atoms with Crippen LogP contribution >= 0.6 is 11.6 Å². The van der Waals surface area contributed by atoms with Gasteiger partial charge in [0.25, 0.3) is 0 Å². The van der Waals surface area contributed by atoms with Crippen LogP contribution in [0.1, 0.15) is 24.5 Å². The Labute approximate surface area is 148 Å². The molecule has 0 heterocycles. The number of hydrogen-bond donors (Lipinski definition) is 1. The topological polar surface area (TPSA) is 39.7 Å². The van der Waals surface area contributed by atoms with E-state index >= 15 is 0 Å². The van der Waals surface area contributed by atoms with Gasteiger partial charge in [0.2, 0.25) is 0 Å². The van der Waals surface area contributed by atoms with Crippen LogP contribution in [-0.4, -0.2) is 20.8 Å². The third-order valence-electron chi connectivity index (χ3n) is 3.62. The Hall–Kier alpha value is -1.91. The highest BCUT2D eigenvalue weighted by Crippen LogP contribution is 2.33. The van der Waals surface area contributed by atoms with Crippen LogP contribution in [0.15, 0.2) is 36.4 Å². The second-order valence-electron chi connectivity index (χ2n) is 5.36. The summed E-state index contributed by atoms with van der Waals surface area (Å²) in [6, 6.07) is 11.7. The molecule has 0 aromatic heterocycles. The number of halogens is 1. The smallest absolute Gasteiger partial charge is 0.162 e. The second-order valence-corrected chi connectivity index (χ2v) is 5.77. The number of hydrogen-bond acceptors (Lipinski definition) is 4. The summed E-state index contributed by atoms with van der Waals surface area (Å²) in [5, 5.41) is 4.05. The molecule has 0 unspecified atom stereocenters. The van der Waals surface area contributed by atoms with Gasteiger partial charge < -0.3 is 19.5 Å². The number of rotatable bonds is 9. The molecule has 0 fully saturated rings. The van der Waals surface area contributed by atoms with Crippen molar-refractivity contribution in [2.45, 2.75) is 26.4 Å². The van der Waals surface area contributed by atoms with E-state index < -0.39 is 0 Å². The fraction of sp³-hybridized carbons (Fsp3) is 0.368. The molecule has 2 rings (SSSR count). The summed E-state index contributed by atoms with van der Waals surface area (Å²) in [7, 11) is 3.31. The van der Waals surface area contributed by atoms with Crippen molar-refractivity contribution < 1.29 is 14.2 Å². The summed E-state index contributed by atoms with van der Waals surface area (Å²) < 4.78 is 16.4. The van der Waals surface area contributed by atoms with E-state index in [1.807, 2.05) is 36.4 Å². The predicted molar refractivity (Wildman–Crippen MR) is 97.3 cm³/mol. The van der Waals surface area contributed by atoms with Crippen molar-refractivity contribution >= 4 is 11.6 Å². The van der Waals surface area contributed by atoms with E-state index in [2.05, 4.69) is 12.2 Å². The van der Waals surface area contributed by atoms with Crippen molar-refractivity contribution in [2.24, 2.45) is 0 Å². The van der Waals surface area contributed by atoms with Gasteiger partial charge in [0, 0.05) is 29.7 Å². The minimum atomic E-state index is 0.626. The maximum absolute atomic E-state index is 6.38. The molecule has 0 aliphatic heterocycles. The molecule has 0 aliphatic rings. The van der Waals surface area contributed by atoms with E-state index in [4.69, 9.17) is 25.8 Å². The van der Waals surface area contributed by atoms with Gasteiger partial charge >= 0.3 is 0 Å². The highest BCUT2D eigenvalue weighted by atomic mass is 35.5. The number of methoxy groups -OCH3 is 2. The van der Waals surface area contributed by atoms with Crippen molar-refractivity contribution in [3.05, 3.63) is 52.5 Å². The van der Waals surface area contributed by atoms with Crippen LogP contribution in [0.25, 0.3) is 0 Å². The van der Waals surface area contributed by atoms with Gasteiger partial charge in [-0.05, 0) is 24.1 Å². The van der Waals surface area contributed by atoms with E-state index in [0.29, 0.717) is 36.2 Å². The summed E-state index contributed by atoms with van der Waals surface area (Å²) in [6.45, 7) is 4.01. The normalized spacial score (nSPS) is 10.5. The molecule has 0 radical (unpaired) electrons. The van der Waals surface area contributed by atoms with E-state index in [1.54, 1.807) is 14.2 Å². The summed E-state index contributed by atoms with van der Waals surface area (Å²) in [6.07, 6.45) is 0.934. The molecule has 130 valence electrons. The Bertz CT molecular complexity index is 661. The fourth-order valence-corrected chi connectivity index (χ4v) is 2.60. The largest absolute Gasteiger partial charge is 0.496 e. The first-order chi connectivity index (χ1) is 11.7. The van der Waals surface area contributed by atoms with Gasteiger partial charge in [-0.25, -0.2) is 0 Å². The number of ether oxygens (including phenoxy) is 3. The van der Waals surface area contributed by atoms with E-state index in [0.717, 1.165) is 23.3 Å². The molecule has 2 aromatic rings. The lowest BCUT2D eigenvalue weighted by atomic mass is 10.1. The lowest BCUT2D eigenvalue weighted by Gasteiger charge is -2.14. The minimum Gasteiger partial charge on any atom is -0.496 e. The van der Waals surface area contributed by atoms with Gasteiger partial charge in [-0.15, -0.1) is 0 Å². The Kier molecular flexibility index (Phi) is 7.22. The zero-order chi connectivity index (χ0) is 17.4. The molecular weight excluding hydrogens is 326 g/mol. The summed E-state index contributed by atoms with van der Waals surface area (Å²) in [4.78, 5) is 0. The van der Waals surface area contributed by atoms with Crippen LogP contribution in [0.5, 0.6) is 17.2 Å². The Balaban J connectivity index is 2.04. The van der Waals surface area contributed by atoms with Gasteiger partial charge in [-0.3, -0.25) is 0 Å². The molecule has 4 nitrogen and oxygen atoms in total. The molecule has 2 aromatic carbocycles. The molecule has 5 heteroatoms. The summed E-state index contributed by atoms with van der Waals surface area (Å²) in [5.41, 5.74) is 2.07. The van der Waals surface area contributed by atoms with E-state index in [9.17, 15) is 0 Å². The van der Waals surface area contributed by atoms with Gasteiger partial charge in [-0.2, -0.15) is 0 Å². The maximum atomic E-state index is 6.38. The van der Waals surface area contributed by atoms with Gasteiger partial charge in [0.05, 0.1) is 20.8 Å². The molecule has 0 saturated carbocycles. The lowest BCUT2D eigenvalue weighted by molar-refractivity contribution is 0.294. The highest BCUT2D eigenvalue weighted by Gasteiger charge is 2.11. The molecular formula is C19H24ClNO3. The fourth-order valence-electron chi connectivity index (χ4n) is 2.38. The Morgan fingerprint density at radius 1 is 0.917 bits per heavy atom. The van der Waals surface area contributed by atoms with Crippen LogP contribution in [0.3, 0.4) is 0 Å². The molecule has 0 amide bonds. The zero-order valence-corrected chi connectivity index (χ0v) is 15.2. The molecule has 0 aliphatic carbocycles. The summed E-state index contributed by atoms with van der Waals surface area (Å²) in [5.74, 6) is 2.25. The first-order valence-electron chi connectivity index (χ1n) is 8.01. The molecule has 0 spiro atoms. The predicted octanol–water partition coefficient (Wildman–Crippen LogP) is 4.44. The molecule has 0 atom stereocenters. The molecule has 1 N–H and O–H groups in total. The molecule has 24 heavy (non-hydrogen) atoms. The van der Waals surface area contributed by atoms with Crippen molar-refractivity contribution in [3.8, 4) is 17.2 Å². The third kappa shape index (κ3) is 4.79.